The van der Waals surface area contributed by atoms with E-state index in [2.05, 4.69) is 37.4 Å². The number of nitrogens with two attached hydrogens (primary N) is 1. The molecular formula is C28H31ClN8O5. The van der Waals surface area contributed by atoms with Crippen LogP contribution in [0.5, 0.6) is 0 Å². The molecule has 0 radical (unpaired) electrons. The number of halogens is 1. The van der Waals surface area contributed by atoms with E-state index in [4.69, 9.17) is 22.1 Å². The molecule has 0 unspecified atom stereocenters. The average Bonchev–Trinajstić information content (AvgIpc) is 3.61. The molecule has 6 N–H and O–H groups in total. The van der Waals surface area contributed by atoms with E-state index in [1.54, 1.807) is 29.2 Å². The van der Waals surface area contributed by atoms with Crippen molar-refractivity contribution >= 4 is 46.2 Å². The third kappa shape index (κ3) is 5.98. The third-order valence-electron chi connectivity index (χ3n) is 7.73. The Labute approximate surface area is 246 Å². The Bertz CT molecular complexity index is 1540. The molecule has 0 bridgehead atoms. The summed E-state index contributed by atoms with van der Waals surface area (Å²) in [5.74, 6) is 6.23. The van der Waals surface area contributed by atoms with Crippen LogP contribution in [0.15, 0.2) is 30.6 Å². The van der Waals surface area contributed by atoms with E-state index in [1.807, 2.05) is 0 Å². The minimum absolute atomic E-state index is 0.0828. The number of hydrogen-bond donors (Lipinski definition) is 5. The maximum atomic E-state index is 12.6. The first-order valence-corrected chi connectivity index (χ1v) is 14.3. The number of piperidine rings is 1. The van der Waals surface area contributed by atoms with E-state index < -0.39 is 30.4 Å². The fourth-order valence-corrected chi connectivity index (χ4v) is 5.27. The van der Waals surface area contributed by atoms with Gasteiger partial charge in [-0.1, -0.05) is 17.5 Å². The minimum Gasteiger partial charge on any atom is -0.387 e. The van der Waals surface area contributed by atoms with Gasteiger partial charge in [0.25, 0.3) is 5.91 Å². The van der Waals surface area contributed by atoms with E-state index in [-0.39, 0.29) is 29.4 Å². The Hall–Kier alpha value is -3.96. The number of anilines is 2. The van der Waals surface area contributed by atoms with Crippen LogP contribution in [0.25, 0.3) is 11.2 Å². The maximum Gasteiger partial charge on any atom is 0.321 e. The van der Waals surface area contributed by atoms with Crippen molar-refractivity contribution in [3.05, 3.63) is 41.4 Å². The van der Waals surface area contributed by atoms with E-state index in [9.17, 15) is 19.8 Å². The van der Waals surface area contributed by atoms with Gasteiger partial charge >= 0.3 is 6.03 Å². The van der Waals surface area contributed by atoms with Gasteiger partial charge in [-0.3, -0.25) is 9.36 Å². The van der Waals surface area contributed by atoms with Crippen molar-refractivity contribution in [3.63, 3.8) is 0 Å². The summed E-state index contributed by atoms with van der Waals surface area (Å²) in [6.45, 7) is 1.24. The molecule has 14 heteroatoms. The third-order valence-corrected chi connectivity index (χ3v) is 7.98. The number of amides is 3. The van der Waals surface area contributed by atoms with Gasteiger partial charge in [-0.25, -0.2) is 19.7 Å². The van der Waals surface area contributed by atoms with Crippen LogP contribution in [0.4, 0.5) is 16.3 Å². The fourth-order valence-electron chi connectivity index (χ4n) is 5.15. The number of carbonyl (C=O) groups is 2. The smallest absolute Gasteiger partial charge is 0.321 e. The van der Waals surface area contributed by atoms with Crippen LogP contribution in [0.1, 0.15) is 44.2 Å². The zero-order valence-electron chi connectivity index (χ0n) is 22.6. The highest BCUT2D eigenvalue weighted by Gasteiger charge is 2.48. The minimum atomic E-state index is -1.42. The van der Waals surface area contributed by atoms with Crippen LogP contribution >= 0.6 is 11.6 Å². The summed E-state index contributed by atoms with van der Waals surface area (Å²) in [6, 6.07) is 6.92. The van der Waals surface area contributed by atoms with E-state index in [0.29, 0.717) is 41.7 Å². The van der Waals surface area contributed by atoms with Crippen molar-refractivity contribution in [1.29, 1.82) is 0 Å². The number of aromatic nitrogens is 4. The lowest BCUT2D eigenvalue weighted by Gasteiger charge is -2.31. The summed E-state index contributed by atoms with van der Waals surface area (Å²) < 4.78 is 7.20. The highest BCUT2D eigenvalue weighted by atomic mass is 35.5. The van der Waals surface area contributed by atoms with Crippen molar-refractivity contribution in [2.75, 3.05) is 24.1 Å². The Morgan fingerprint density at radius 2 is 1.83 bits per heavy atom. The first-order valence-electron chi connectivity index (χ1n) is 13.9. The molecule has 3 aromatic rings. The molecule has 2 saturated heterocycles. The standard InChI is InChI=1S/C28H31ClN8O5/c29-16-4-6-18(7-5-16)33-28(41)36-12-10-15(11-13-36)2-1-3-19-34-24(30)20-25(35-19)37(14-31-20)27-22(39)21(38)23(42-27)26(40)32-17-8-9-17/h4-7,14-15,17,21-23,27,38-39H,2,8-13H2,(H,32,40)(H,33,41)(H2,30,34,35)/t21-,22+,23-,27+/m0/s1. The number of hydrogen-bond acceptors (Lipinski definition) is 9. The van der Waals surface area contributed by atoms with Crippen LogP contribution in [-0.2, 0) is 9.53 Å². The summed E-state index contributed by atoms with van der Waals surface area (Å²) in [5.41, 5.74) is 7.38. The lowest BCUT2D eigenvalue weighted by Crippen LogP contribution is -2.43. The number of nitrogens with zero attached hydrogens (tertiary/aromatic N) is 5. The van der Waals surface area contributed by atoms with Gasteiger partial charge < -0.3 is 36.2 Å². The van der Waals surface area contributed by atoms with Crippen LogP contribution in [0.2, 0.25) is 5.02 Å². The van der Waals surface area contributed by atoms with E-state index in [1.165, 1.54) is 10.9 Å². The summed E-state index contributed by atoms with van der Waals surface area (Å²) >= 11 is 5.91. The number of likely N-dealkylation sites (tertiary alicyclic amines) is 1. The van der Waals surface area contributed by atoms with Gasteiger partial charge in [0.15, 0.2) is 23.8 Å². The van der Waals surface area contributed by atoms with Crippen molar-refractivity contribution in [2.24, 2.45) is 5.92 Å². The first kappa shape index (κ1) is 28.2. The molecule has 1 aliphatic carbocycles. The molecule has 1 aromatic carbocycles. The second-order valence-electron chi connectivity index (χ2n) is 10.8. The number of carbonyl (C=O) groups excluding carboxylic acids is 2. The van der Waals surface area contributed by atoms with Gasteiger partial charge in [-0.2, -0.15) is 0 Å². The Balaban J connectivity index is 1.08. The average molecular weight is 595 g/mol. The van der Waals surface area contributed by atoms with Crippen molar-refractivity contribution in [2.45, 2.75) is 62.7 Å². The topological polar surface area (TPSA) is 181 Å². The lowest BCUT2D eigenvalue weighted by molar-refractivity contribution is -0.137. The normalized spacial score (nSPS) is 24.3. The first-order chi connectivity index (χ1) is 20.3. The maximum absolute atomic E-state index is 12.6. The molecule has 3 aliphatic rings. The highest BCUT2D eigenvalue weighted by molar-refractivity contribution is 6.30. The quantitative estimate of drug-likeness (QED) is 0.274. The number of nitrogens with one attached hydrogen (secondary N) is 2. The van der Waals surface area contributed by atoms with Crippen molar-refractivity contribution in [1.82, 2.24) is 29.7 Å². The van der Waals surface area contributed by atoms with Gasteiger partial charge in [0, 0.05) is 36.3 Å². The number of rotatable bonds is 5. The second kappa shape index (κ2) is 11.7. The van der Waals surface area contributed by atoms with Crippen molar-refractivity contribution < 1.29 is 24.5 Å². The molecule has 3 amide bonds. The number of fused-ring (bicyclic) bond motifs is 1. The van der Waals surface area contributed by atoms with Gasteiger partial charge in [-0.15, -0.1) is 0 Å². The van der Waals surface area contributed by atoms with E-state index in [0.717, 1.165) is 25.7 Å². The van der Waals surface area contributed by atoms with Crippen LogP contribution in [0.3, 0.4) is 0 Å². The molecule has 6 rings (SSSR count). The molecule has 4 heterocycles. The number of urea groups is 1. The molecule has 4 atom stereocenters. The number of imidazole rings is 1. The number of ether oxygens (including phenoxy) is 1. The van der Waals surface area contributed by atoms with Gasteiger partial charge in [0.1, 0.15) is 17.7 Å². The van der Waals surface area contributed by atoms with Gasteiger partial charge in [-0.05, 0) is 61.8 Å². The second-order valence-corrected chi connectivity index (χ2v) is 11.3. The monoisotopic (exact) mass is 594 g/mol. The summed E-state index contributed by atoms with van der Waals surface area (Å²) in [7, 11) is 0. The molecule has 13 nitrogen and oxygen atoms in total. The SMILES string of the molecule is Nc1nc(C#CCC2CCN(C(=O)Nc3ccc(Cl)cc3)CC2)nc2c1ncn2[C@@H]1O[C@H](C(=O)NC2CC2)[C@@H](O)[C@H]1O. The van der Waals surface area contributed by atoms with Gasteiger partial charge in [0.05, 0.1) is 6.33 Å². The Morgan fingerprint density at radius 3 is 2.55 bits per heavy atom. The molecule has 1 saturated carbocycles. The Morgan fingerprint density at radius 1 is 1.10 bits per heavy atom. The molecule has 2 aliphatic heterocycles. The Kier molecular flexibility index (Phi) is 7.87. The zero-order chi connectivity index (χ0) is 29.4. The number of nitrogen functional groups attached to an aromatic ring is 1. The molecule has 220 valence electrons. The molecule has 2 aromatic heterocycles. The number of aliphatic hydroxyl groups excluding tert-OH is 2. The predicted molar refractivity (Wildman–Crippen MR) is 153 cm³/mol. The zero-order valence-corrected chi connectivity index (χ0v) is 23.4. The highest BCUT2D eigenvalue weighted by Crippen LogP contribution is 2.33. The van der Waals surface area contributed by atoms with Gasteiger partial charge in [0.2, 0.25) is 5.82 Å². The molecule has 3 fully saturated rings. The largest absolute Gasteiger partial charge is 0.387 e. The molecule has 42 heavy (non-hydrogen) atoms. The number of benzene rings is 1. The molecular weight excluding hydrogens is 564 g/mol. The van der Waals surface area contributed by atoms with E-state index >= 15 is 0 Å². The summed E-state index contributed by atoms with van der Waals surface area (Å²) in [6.07, 6.45) is 0.240. The van der Waals surface area contributed by atoms with Crippen molar-refractivity contribution in [3.8, 4) is 11.8 Å². The summed E-state index contributed by atoms with van der Waals surface area (Å²) in [5, 5.41) is 27.5. The van der Waals surface area contributed by atoms with Crippen LogP contribution < -0.4 is 16.4 Å². The number of aliphatic hydroxyl groups is 2. The summed E-state index contributed by atoms with van der Waals surface area (Å²) in [4.78, 5) is 39.9. The van der Waals surface area contributed by atoms with Crippen LogP contribution in [-0.4, -0.2) is 84.0 Å². The predicted octanol–water partition coefficient (Wildman–Crippen LogP) is 1.65. The molecule has 0 spiro atoms. The fraction of sp³-hybridized carbons (Fsp3) is 0.464. The lowest BCUT2D eigenvalue weighted by atomic mass is 9.94. The van der Waals surface area contributed by atoms with Crippen LogP contribution in [0, 0.1) is 17.8 Å².